The minimum Gasteiger partial charge on any atom is -0.497 e. The van der Waals surface area contributed by atoms with Crippen LogP contribution in [0.1, 0.15) is 32.4 Å². The first-order valence-electron chi connectivity index (χ1n) is 12.4. The molecule has 0 fully saturated rings. The van der Waals surface area contributed by atoms with Gasteiger partial charge in [0.25, 0.3) is 0 Å². The van der Waals surface area contributed by atoms with Gasteiger partial charge in [-0.3, -0.25) is 14.5 Å². The number of hydrogen-bond donors (Lipinski definition) is 1. The fourth-order valence-corrected chi connectivity index (χ4v) is 4.25. The Labute approximate surface area is 223 Å². The van der Waals surface area contributed by atoms with E-state index in [0.29, 0.717) is 22.5 Å². The Balaban J connectivity index is 1.84. The summed E-state index contributed by atoms with van der Waals surface area (Å²) in [6, 6.07) is 21.3. The van der Waals surface area contributed by atoms with Crippen LogP contribution in [0.3, 0.4) is 0 Å². The largest absolute Gasteiger partial charge is 0.497 e. The molecule has 0 spiro atoms. The number of carbonyl (C=O) groups excluding carboxylic acids is 2. The van der Waals surface area contributed by atoms with Gasteiger partial charge in [0.1, 0.15) is 23.9 Å². The summed E-state index contributed by atoms with van der Waals surface area (Å²) in [5.41, 5.74) is 3.11. The molecule has 0 saturated heterocycles. The highest BCUT2D eigenvalue weighted by molar-refractivity contribution is 6.02. The average Bonchev–Trinajstić information content (AvgIpc) is 3.28. The van der Waals surface area contributed by atoms with Crippen LogP contribution in [-0.4, -0.2) is 53.6 Å². The topological polar surface area (TPSA) is 92.6 Å². The SMILES string of the molecule is COc1cccc(N(C(=O)Cn2nnc3ccccc32)C(C(=O)NC(C)(C)C)c2ccc(N(C)C)cc2)c1. The van der Waals surface area contributed by atoms with Gasteiger partial charge in [0.15, 0.2) is 0 Å². The van der Waals surface area contributed by atoms with Gasteiger partial charge >= 0.3 is 0 Å². The molecule has 198 valence electrons. The van der Waals surface area contributed by atoms with Crippen molar-refractivity contribution in [1.29, 1.82) is 0 Å². The fourth-order valence-electron chi connectivity index (χ4n) is 4.25. The van der Waals surface area contributed by atoms with E-state index in [1.807, 2.05) is 88.3 Å². The number of methoxy groups -OCH3 is 1. The maximum absolute atomic E-state index is 14.1. The molecule has 2 amide bonds. The second-order valence-electron chi connectivity index (χ2n) is 10.3. The average molecular weight is 515 g/mol. The molecule has 1 atom stereocenters. The highest BCUT2D eigenvalue weighted by atomic mass is 16.5. The van der Waals surface area contributed by atoms with E-state index in [-0.39, 0.29) is 18.4 Å². The molecule has 4 aromatic rings. The van der Waals surface area contributed by atoms with Crippen molar-refractivity contribution in [3.8, 4) is 5.75 Å². The third-order valence-electron chi connectivity index (χ3n) is 6.04. The minimum atomic E-state index is -0.945. The highest BCUT2D eigenvalue weighted by Crippen LogP contribution is 2.32. The number of hydrogen-bond acceptors (Lipinski definition) is 6. The number of carbonyl (C=O) groups is 2. The molecule has 4 rings (SSSR count). The second kappa shape index (κ2) is 10.9. The summed E-state index contributed by atoms with van der Waals surface area (Å²) in [4.78, 5) is 31.5. The number of para-hydroxylation sites is 1. The Morgan fingerprint density at radius 3 is 2.34 bits per heavy atom. The minimum absolute atomic E-state index is 0.104. The number of nitrogens with one attached hydrogen (secondary N) is 1. The quantitative estimate of drug-likeness (QED) is 0.379. The molecule has 9 heteroatoms. The van der Waals surface area contributed by atoms with E-state index in [1.54, 1.807) is 36.1 Å². The lowest BCUT2D eigenvalue weighted by atomic mass is 10.00. The number of amides is 2. The molecule has 1 heterocycles. The molecule has 1 aromatic heterocycles. The van der Waals surface area contributed by atoms with Crippen LogP contribution < -0.4 is 19.9 Å². The van der Waals surface area contributed by atoms with Crippen molar-refractivity contribution >= 4 is 34.2 Å². The molecule has 3 aromatic carbocycles. The number of rotatable bonds is 8. The molecule has 9 nitrogen and oxygen atoms in total. The van der Waals surface area contributed by atoms with Crippen molar-refractivity contribution in [2.75, 3.05) is 31.0 Å². The molecule has 1 N–H and O–H groups in total. The van der Waals surface area contributed by atoms with Gasteiger partial charge in [0.2, 0.25) is 11.8 Å². The third-order valence-corrected chi connectivity index (χ3v) is 6.04. The summed E-state index contributed by atoms with van der Waals surface area (Å²) in [6.07, 6.45) is 0. The van der Waals surface area contributed by atoms with Crippen molar-refractivity contribution in [3.05, 3.63) is 78.4 Å². The summed E-state index contributed by atoms with van der Waals surface area (Å²) >= 11 is 0. The van der Waals surface area contributed by atoms with Crippen LogP contribution in [0, 0.1) is 0 Å². The van der Waals surface area contributed by atoms with Gasteiger partial charge in [0, 0.05) is 37.1 Å². The first kappa shape index (κ1) is 26.7. The van der Waals surface area contributed by atoms with E-state index in [4.69, 9.17) is 4.74 Å². The first-order valence-corrected chi connectivity index (χ1v) is 12.4. The zero-order chi connectivity index (χ0) is 27.4. The van der Waals surface area contributed by atoms with Gasteiger partial charge in [0.05, 0.1) is 12.6 Å². The molecular formula is C29H34N6O3. The maximum Gasteiger partial charge on any atom is 0.249 e. The van der Waals surface area contributed by atoms with Crippen molar-refractivity contribution in [2.24, 2.45) is 0 Å². The number of aromatic nitrogens is 3. The summed E-state index contributed by atoms with van der Waals surface area (Å²) in [7, 11) is 5.47. The smallest absolute Gasteiger partial charge is 0.249 e. The first-order chi connectivity index (χ1) is 18.1. The van der Waals surface area contributed by atoms with E-state index in [1.165, 1.54) is 4.90 Å². The van der Waals surface area contributed by atoms with Crippen LogP contribution in [0.5, 0.6) is 5.75 Å². The van der Waals surface area contributed by atoms with E-state index in [2.05, 4.69) is 15.6 Å². The number of anilines is 2. The van der Waals surface area contributed by atoms with Crippen molar-refractivity contribution in [3.63, 3.8) is 0 Å². The van der Waals surface area contributed by atoms with E-state index >= 15 is 0 Å². The second-order valence-corrected chi connectivity index (χ2v) is 10.3. The lowest BCUT2D eigenvalue weighted by Crippen LogP contribution is -2.50. The summed E-state index contributed by atoms with van der Waals surface area (Å²) < 4.78 is 7.00. The molecular weight excluding hydrogens is 480 g/mol. The summed E-state index contributed by atoms with van der Waals surface area (Å²) in [5, 5.41) is 11.5. The Morgan fingerprint density at radius 2 is 1.68 bits per heavy atom. The zero-order valence-electron chi connectivity index (χ0n) is 22.7. The van der Waals surface area contributed by atoms with Crippen molar-refractivity contribution in [1.82, 2.24) is 20.3 Å². The van der Waals surface area contributed by atoms with Crippen LogP contribution in [-0.2, 0) is 16.1 Å². The maximum atomic E-state index is 14.1. The molecule has 0 radical (unpaired) electrons. The van der Waals surface area contributed by atoms with Crippen LogP contribution in [0.25, 0.3) is 11.0 Å². The van der Waals surface area contributed by atoms with Crippen LogP contribution in [0.4, 0.5) is 11.4 Å². The van der Waals surface area contributed by atoms with Gasteiger partial charge in [-0.15, -0.1) is 5.10 Å². The van der Waals surface area contributed by atoms with Crippen LogP contribution >= 0.6 is 0 Å². The van der Waals surface area contributed by atoms with Crippen LogP contribution in [0.2, 0.25) is 0 Å². The van der Waals surface area contributed by atoms with Crippen molar-refractivity contribution in [2.45, 2.75) is 38.9 Å². The lowest BCUT2D eigenvalue weighted by Gasteiger charge is -2.34. The Hall–Kier alpha value is -4.40. The monoisotopic (exact) mass is 514 g/mol. The molecule has 0 aliphatic rings. The number of nitrogens with zero attached hydrogens (tertiary/aromatic N) is 5. The van der Waals surface area contributed by atoms with Gasteiger partial charge in [-0.2, -0.15) is 0 Å². The summed E-state index contributed by atoms with van der Waals surface area (Å²) in [5.74, 6) is -0.0428. The van der Waals surface area contributed by atoms with Gasteiger partial charge in [-0.25, -0.2) is 4.68 Å². The van der Waals surface area contributed by atoms with Gasteiger partial charge in [-0.05, 0) is 62.7 Å². The lowest BCUT2D eigenvalue weighted by molar-refractivity contribution is -0.128. The highest BCUT2D eigenvalue weighted by Gasteiger charge is 2.35. The molecule has 0 aliphatic heterocycles. The Kier molecular flexibility index (Phi) is 7.66. The number of ether oxygens (including phenoxy) is 1. The third kappa shape index (κ3) is 5.94. The molecule has 0 saturated carbocycles. The van der Waals surface area contributed by atoms with E-state index < -0.39 is 11.6 Å². The van der Waals surface area contributed by atoms with E-state index in [9.17, 15) is 9.59 Å². The standard InChI is InChI=1S/C29H34N6O3/c1-29(2,3)30-28(37)27(20-14-16-21(17-15-20)33(4)5)35(22-10-9-11-23(18-22)38-6)26(36)19-34-25-13-8-7-12-24(25)31-32-34/h7-18,27H,19H2,1-6H3,(H,30,37). The van der Waals surface area contributed by atoms with E-state index in [0.717, 1.165) is 11.2 Å². The molecule has 1 unspecified atom stereocenters. The van der Waals surface area contributed by atoms with Crippen LogP contribution in [0.15, 0.2) is 72.8 Å². The number of benzene rings is 3. The van der Waals surface area contributed by atoms with Gasteiger partial charge < -0.3 is 15.0 Å². The summed E-state index contributed by atoms with van der Waals surface area (Å²) in [6.45, 7) is 5.63. The predicted molar refractivity (Wildman–Crippen MR) is 149 cm³/mol. The normalized spacial score (nSPS) is 12.2. The molecule has 38 heavy (non-hydrogen) atoms. The Morgan fingerprint density at radius 1 is 0.974 bits per heavy atom. The number of fused-ring (bicyclic) bond motifs is 1. The zero-order valence-corrected chi connectivity index (χ0v) is 22.7. The Bertz CT molecular complexity index is 1420. The molecule has 0 bridgehead atoms. The van der Waals surface area contributed by atoms with Gasteiger partial charge in [-0.1, -0.05) is 35.5 Å². The fraction of sp³-hybridized carbons (Fsp3) is 0.310. The van der Waals surface area contributed by atoms with Crippen molar-refractivity contribution < 1.29 is 14.3 Å². The predicted octanol–water partition coefficient (Wildman–Crippen LogP) is 4.20. The molecule has 0 aliphatic carbocycles.